The molecule has 0 aromatic heterocycles. The number of rotatable bonds is 5. The maximum absolute atomic E-state index is 5.40. The second kappa shape index (κ2) is 6.17. The van der Waals surface area contributed by atoms with Crippen LogP contribution in [0.25, 0.3) is 0 Å². The van der Waals surface area contributed by atoms with Crippen molar-refractivity contribution in [1.29, 1.82) is 0 Å². The van der Waals surface area contributed by atoms with Gasteiger partial charge in [-0.3, -0.25) is 9.80 Å². The molecule has 3 nitrogen and oxygen atoms in total. The summed E-state index contributed by atoms with van der Waals surface area (Å²) in [6.07, 6.45) is 5.27. The SMILES string of the molecule is CCC(COC)N1CC2CCCN2CC1CC. The van der Waals surface area contributed by atoms with Gasteiger partial charge in [-0.2, -0.15) is 0 Å². The van der Waals surface area contributed by atoms with Crippen molar-refractivity contribution in [2.75, 3.05) is 33.4 Å². The number of nitrogens with zero attached hydrogens (tertiary/aromatic N) is 2. The third-order valence-corrected chi connectivity index (χ3v) is 4.61. The molecule has 17 heavy (non-hydrogen) atoms. The van der Waals surface area contributed by atoms with Gasteiger partial charge in [-0.15, -0.1) is 0 Å². The van der Waals surface area contributed by atoms with Gasteiger partial charge in [-0.05, 0) is 32.2 Å². The Kier molecular flexibility index (Phi) is 4.83. The zero-order valence-corrected chi connectivity index (χ0v) is 11.7. The normalized spacial score (nSPS) is 32.6. The highest BCUT2D eigenvalue weighted by Gasteiger charge is 2.37. The molecule has 0 bridgehead atoms. The highest BCUT2D eigenvalue weighted by atomic mass is 16.5. The predicted molar refractivity (Wildman–Crippen MR) is 71.3 cm³/mol. The van der Waals surface area contributed by atoms with E-state index in [1.54, 1.807) is 0 Å². The molecule has 2 heterocycles. The van der Waals surface area contributed by atoms with Crippen molar-refractivity contribution >= 4 is 0 Å². The standard InChI is InChI=1S/C14H28N2O/c1-4-12-9-15-8-6-7-14(15)10-16(12)13(5-2)11-17-3/h12-14H,4-11H2,1-3H3. The van der Waals surface area contributed by atoms with Gasteiger partial charge in [0.1, 0.15) is 0 Å². The van der Waals surface area contributed by atoms with Crippen LogP contribution in [-0.2, 0) is 4.74 Å². The maximum Gasteiger partial charge on any atom is 0.0618 e. The number of piperazine rings is 1. The molecule has 0 amide bonds. The molecule has 2 saturated heterocycles. The fourth-order valence-electron chi connectivity index (χ4n) is 3.56. The van der Waals surface area contributed by atoms with Crippen LogP contribution in [0.15, 0.2) is 0 Å². The number of methoxy groups -OCH3 is 1. The lowest BCUT2D eigenvalue weighted by Gasteiger charge is -2.46. The first kappa shape index (κ1) is 13.3. The lowest BCUT2D eigenvalue weighted by atomic mass is 10.0. The molecular weight excluding hydrogens is 212 g/mol. The lowest BCUT2D eigenvalue weighted by molar-refractivity contribution is -0.00869. The summed E-state index contributed by atoms with van der Waals surface area (Å²) >= 11 is 0. The van der Waals surface area contributed by atoms with Gasteiger partial charge >= 0.3 is 0 Å². The summed E-state index contributed by atoms with van der Waals surface area (Å²) in [5, 5.41) is 0. The number of hydrogen-bond acceptors (Lipinski definition) is 3. The molecule has 0 radical (unpaired) electrons. The van der Waals surface area contributed by atoms with Crippen LogP contribution in [0.5, 0.6) is 0 Å². The fraction of sp³-hybridized carbons (Fsp3) is 1.00. The molecule has 2 rings (SSSR count). The highest BCUT2D eigenvalue weighted by Crippen LogP contribution is 2.27. The van der Waals surface area contributed by atoms with Crippen molar-refractivity contribution in [3.63, 3.8) is 0 Å². The van der Waals surface area contributed by atoms with E-state index in [0.29, 0.717) is 6.04 Å². The largest absolute Gasteiger partial charge is 0.383 e. The van der Waals surface area contributed by atoms with Crippen molar-refractivity contribution in [2.45, 2.75) is 57.7 Å². The van der Waals surface area contributed by atoms with Crippen molar-refractivity contribution in [3.8, 4) is 0 Å². The minimum absolute atomic E-state index is 0.618. The van der Waals surface area contributed by atoms with Gasteiger partial charge < -0.3 is 4.74 Å². The van der Waals surface area contributed by atoms with Crippen molar-refractivity contribution in [2.24, 2.45) is 0 Å². The summed E-state index contributed by atoms with van der Waals surface area (Å²) in [5.74, 6) is 0. The second-order valence-electron chi connectivity index (χ2n) is 5.57. The maximum atomic E-state index is 5.40. The van der Waals surface area contributed by atoms with Gasteiger partial charge in [0.25, 0.3) is 0 Å². The average molecular weight is 240 g/mol. The fourth-order valence-corrected chi connectivity index (χ4v) is 3.56. The zero-order valence-electron chi connectivity index (χ0n) is 11.7. The Labute approximate surface area is 106 Å². The average Bonchev–Trinajstić information content (AvgIpc) is 2.81. The molecule has 0 aromatic rings. The predicted octanol–water partition coefficient (Wildman–Crippen LogP) is 1.97. The van der Waals surface area contributed by atoms with E-state index in [4.69, 9.17) is 4.74 Å². The molecule has 3 atom stereocenters. The molecule has 2 aliphatic heterocycles. The monoisotopic (exact) mass is 240 g/mol. The zero-order chi connectivity index (χ0) is 12.3. The molecule has 0 aromatic carbocycles. The van der Waals surface area contributed by atoms with Gasteiger partial charge in [-0.25, -0.2) is 0 Å². The van der Waals surface area contributed by atoms with E-state index in [-0.39, 0.29) is 0 Å². The number of fused-ring (bicyclic) bond motifs is 1. The molecule has 0 N–H and O–H groups in total. The molecule has 0 saturated carbocycles. The van der Waals surface area contributed by atoms with Crippen LogP contribution in [0.1, 0.15) is 39.5 Å². The Hall–Kier alpha value is -0.120. The summed E-state index contributed by atoms with van der Waals surface area (Å²) in [5.41, 5.74) is 0. The minimum atomic E-state index is 0.618. The van der Waals surface area contributed by atoms with E-state index in [2.05, 4.69) is 23.6 Å². The van der Waals surface area contributed by atoms with Crippen LogP contribution in [0, 0.1) is 0 Å². The Morgan fingerprint density at radius 1 is 1.29 bits per heavy atom. The third kappa shape index (κ3) is 2.83. The molecule has 2 aliphatic rings. The van der Waals surface area contributed by atoms with Gasteiger partial charge in [0.2, 0.25) is 0 Å². The van der Waals surface area contributed by atoms with E-state index in [1.165, 1.54) is 45.3 Å². The first-order chi connectivity index (χ1) is 8.30. The Balaban J connectivity index is 2.02. The van der Waals surface area contributed by atoms with E-state index >= 15 is 0 Å². The third-order valence-electron chi connectivity index (χ3n) is 4.61. The van der Waals surface area contributed by atoms with Crippen molar-refractivity contribution < 1.29 is 4.74 Å². The molecule has 0 aliphatic carbocycles. The minimum Gasteiger partial charge on any atom is -0.383 e. The first-order valence-corrected chi connectivity index (χ1v) is 7.28. The summed E-state index contributed by atoms with van der Waals surface area (Å²) in [7, 11) is 1.83. The van der Waals surface area contributed by atoms with Crippen LogP contribution in [0.2, 0.25) is 0 Å². The van der Waals surface area contributed by atoms with Gasteiger partial charge in [0.05, 0.1) is 6.61 Å². The number of hydrogen-bond donors (Lipinski definition) is 0. The smallest absolute Gasteiger partial charge is 0.0618 e. The summed E-state index contributed by atoms with van der Waals surface area (Å²) in [4.78, 5) is 5.44. The van der Waals surface area contributed by atoms with E-state index in [1.807, 2.05) is 7.11 Å². The van der Waals surface area contributed by atoms with E-state index < -0.39 is 0 Å². The first-order valence-electron chi connectivity index (χ1n) is 7.28. The summed E-state index contributed by atoms with van der Waals surface area (Å²) in [6.45, 7) is 9.38. The van der Waals surface area contributed by atoms with Crippen LogP contribution >= 0.6 is 0 Å². The quantitative estimate of drug-likeness (QED) is 0.731. The lowest BCUT2D eigenvalue weighted by Crippen LogP contribution is -2.59. The Morgan fingerprint density at radius 2 is 2.12 bits per heavy atom. The van der Waals surface area contributed by atoms with Crippen LogP contribution < -0.4 is 0 Å². The van der Waals surface area contributed by atoms with Crippen LogP contribution in [-0.4, -0.2) is 61.3 Å². The summed E-state index contributed by atoms with van der Waals surface area (Å²) < 4.78 is 5.40. The van der Waals surface area contributed by atoms with E-state index in [0.717, 1.165) is 18.7 Å². The number of ether oxygens (including phenoxy) is 1. The molecule has 0 spiro atoms. The molecule has 3 unspecified atom stereocenters. The van der Waals surface area contributed by atoms with Crippen LogP contribution in [0.3, 0.4) is 0 Å². The van der Waals surface area contributed by atoms with Crippen molar-refractivity contribution in [1.82, 2.24) is 9.80 Å². The molecular formula is C14H28N2O. The molecule has 2 fully saturated rings. The highest BCUT2D eigenvalue weighted by molar-refractivity contribution is 4.93. The molecule has 100 valence electrons. The second-order valence-corrected chi connectivity index (χ2v) is 5.57. The molecule has 3 heteroatoms. The Morgan fingerprint density at radius 3 is 2.76 bits per heavy atom. The Bertz CT molecular complexity index is 234. The summed E-state index contributed by atoms with van der Waals surface area (Å²) in [6, 6.07) is 2.18. The van der Waals surface area contributed by atoms with E-state index in [9.17, 15) is 0 Å². The van der Waals surface area contributed by atoms with Gasteiger partial charge in [0, 0.05) is 38.3 Å². The van der Waals surface area contributed by atoms with Crippen LogP contribution in [0.4, 0.5) is 0 Å². The van der Waals surface area contributed by atoms with Gasteiger partial charge in [0.15, 0.2) is 0 Å². The van der Waals surface area contributed by atoms with Gasteiger partial charge in [-0.1, -0.05) is 13.8 Å². The topological polar surface area (TPSA) is 15.7 Å². The van der Waals surface area contributed by atoms with Crippen molar-refractivity contribution in [3.05, 3.63) is 0 Å².